The van der Waals surface area contributed by atoms with Crippen LogP contribution in [0.2, 0.25) is 0 Å². The first kappa shape index (κ1) is 16.0. The molecule has 2 aliphatic rings. The van der Waals surface area contributed by atoms with Gasteiger partial charge in [-0.15, -0.1) is 0 Å². The maximum atomic E-state index is 12.9. The number of hydrogen-bond acceptors (Lipinski definition) is 3. The molecule has 0 bridgehead atoms. The summed E-state index contributed by atoms with van der Waals surface area (Å²) in [6.07, 6.45) is 4.29. The molecule has 1 saturated heterocycles. The van der Waals surface area contributed by atoms with Crippen molar-refractivity contribution in [1.82, 2.24) is 10.2 Å². The molecule has 0 aromatic carbocycles. The minimum atomic E-state index is 0.0557. The molecule has 1 amide bonds. The van der Waals surface area contributed by atoms with Gasteiger partial charge in [0.25, 0.3) is 0 Å². The number of rotatable bonds is 4. The van der Waals surface area contributed by atoms with Crippen LogP contribution in [0.3, 0.4) is 0 Å². The third-order valence-corrected chi connectivity index (χ3v) is 5.79. The maximum absolute atomic E-state index is 12.9. The van der Waals surface area contributed by atoms with E-state index in [1.807, 2.05) is 0 Å². The summed E-state index contributed by atoms with van der Waals surface area (Å²) in [5.41, 5.74) is 1.75. The van der Waals surface area contributed by atoms with Crippen molar-refractivity contribution in [2.24, 2.45) is 10.8 Å². The normalized spacial score (nSPS) is 23.5. The van der Waals surface area contributed by atoms with Crippen molar-refractivity contribution in [2.75, 3.05) is 13.1 Å². The van der Waals surface area contributed by atoms with Gasteiger partial charge in [0.2, 0.25) is 5.91 Å². The molecule has 1 aliphatic carbocycles. The van der Waals surface area contributed by atoms with Gasteiger partial charge in [-0.25, -0.2) is 0 Å². The molecular formula is C18H28N2OS. The van der Waals surface area contributed by atoms with Gasteiger partial charge < -0.3 is 10.2 Å². The van der Waals surface area contributed by atoms with Gasteiger partial charge in [-0.3, -0.25) is 4.79 Å². The summed E-state index contributed by atoms with van der Waals surface area (Å²) in [5, 5.41) is 7.73. The quantitative estimate of drug-likeness (QED) is 0.918. The van der Waals surface area contributed by atoms with Gasteiger partial charge in [0.15, 0.2) is 0 Å². The summed E-state index contributed by atoms with van der Waals surface area (Å²) >= 11 is 1.72. The fraction of sp³-hybridized carbons (Fsp3) is 0.722. The summed E-state index contributed by atoms with van der Waals surface area (Å²) in [6.45, 7) is 9.47. The van der Waals surface area contributed by atoms with Crippen LogP contribution in [0, 0.1) is 10.8 Å². The predicted octanol–water partition coefficient (Wildman–Crippen LogP) is 3.66. The molecule has 1 atom stereocenters. The molecule has 1 spiro atoms. The van der Waals surface area contributed by atoms with Crippen LogP contribution in [0.5, 0.6) is 0 Å². The fourth-order valence-corrected chi connectivity index (χ4v) is 4.40. The van der Waals surface area contributed by atoms with Crippen LogP contribution < -0.4 is 5.32 Å². The number of piperidine rings is 1. The van der Waals surface area contributed by atoms with E-state index in [0.29, 0.717) is 23.8 Å². The molecule has 1 saturated carbocycles. The van der Waals surface area contributed by atoms with Crippen LogP contribution in [0.4, 0.5) is 0 Å². The monoisotopic (exact) mass is 320 g/mol. The summed E-state index contributed by atoms with van der Waals surface area (Å²) < 4.78 is 0. The zero-order valence-electron chi connectivity index (χ0n) is 14.0. The number of carbonyl (C=O) groups is 1. The molecule has 3 nitrogen and oxygen atoms in total. The predicted molar refractivity (Wildman–Crippen MR) is 91.9 cm³/mol. The van der Waals surface area contributed by atoms with Gasteiger partial charge in [0.05, 0.1) is 0 Å². The first-order valence-corrected chi connectivity index (χ1v) is 9.35. The Labute approximate surface area is 138 Å². The lowest BCUT2D eigenvalue weighted by atomic mass is 9.90. The first-order valence-electron chi connectivity index (χ1n) is 8.41. The Kier molecular flexibility index (Phi) is 4.34. The van der Waals surface area contributed by atoms with E-state index in [-0.39, 0.29) is 5.41 Å². The lowest BCUT2D eigenvalue weighted by Crippen LogP contribution is -2.40. The Hall–Kier alpha value is -0.870. The Bertz CT molecular complexity index is 512. The number of thiophene rings is 1. The number of hydrogen-bond donors (Lipinski definition) is 1. The molecule has 2 heterocycles. The number of nitrogens with zero attached hydrogens (tertiary/aromatic N) is 1. The van der Waals surface area contributed by atoms with Crippen molar-refractivity contribution >= 4 is 17.2 Å². The van der Waals surface area contributed by atoms with Crippen molar-refractivity contribution in [2.45, 2.75) is 59.0 Å². The fourth-order valence-electron chi connectivity index (χ4n) is 3.74. The number of nitrogens with one attached hydrogen (secondary N) is 1. The minimum Gasteiger partial charge on any atom is -0.335 e. The van der Waals surface area contributed by atoms with Gasteiger partial charge >= 0.3 is 0 Å². The molecular weight excluding hydrogens is 292 g/mol. The zero-order valence-corrected chi connectivity index (χ0v) is 14.8. The highest BCUT2D eigenvalue weighted by atomic mass is 32.1. The van der Waals surface area contributed by atoms with Crippen molar-refractivity contribution < 1.29 is 4.79 Å². The Balaban J connectivity index is 1.73. The summed E-state index contributed by atoms with van der Waals surface area (Å²) in [7, 11) is 0. The second-order valence-corrected chi connectivity index (χ2v) is 9.00. The molecule has 22 heavy (non-hydrogen) atoms. The van der Waals surface area contributed by atoms with Crippen LogP contribution in [-0.4, -0.2) is 29.9 Å². The Morgan fingerprint density at radius 2 is 2.14 bits per heavy atom. The molecule has 0 radical (unpaired) electrons. The van der Waals surface area contributed by atoms with E-state index >= 15 is 0 Å². The van der Waals surface area contributed by atoms with Gasteiger partial charge in [-0.1, -0.05) is 20.8 Å². The lowest BCUT2D eigenvalue weighted by molar-refractivity contribution is -0.135. The van der Waals surface area contributed by atoms with E-state index in [9.17, 15) is 4.79 Å². The van der Waals surface area contributed by atoms with Crippen LogP contribution in [0.1, 0.15) is 52.0 Å². The highest BCUT2D eigenvalue weighted by molar-refractivity contribution is 7.07. The third kappa shape index (κ3) is 3.54. The van der Waals surface area contributed by atoms with Gasteiger partial charge in [-0.2, -0.15) is 11.3 Å². The third-order valence-electron chi connectivity index (χ3n) is 5.06. The minimum absolute atomic E-state index is 0.0557. The van der Waals surface area contributed by atoms with Crippen molar-refractivity contribution in [3.8, 4) is 0 Å². The Morgan fingerprint density at radius 1 is 1.41 bits per heavy atom. The molecule has 3 rings (SSSR count). The summed E-state index contributed by atoms with van der Waals surface area (Å²) in [5.74, 6) is 0.333. The highest BCUT2D eigenvalue weighted by Crippen LogP contribution is 2.56. The maximum Gasteiger partial charge on any atom is 0.223 e. The molecule has 122 valence electrons. The lowest BCUT2D eigenvalue weighted by Gasteiger charge is -2.31. The Morgan fingerprint density at radius 3 is 2.73 bits per heavy atom. The zero-order chi connectivity index (χ0) is 15.8. The number of carbonyl (C=O) groups excluding carboxylic acids is 1. The highest BCUT2D eigenvalue weighted by Gasteiger charge is 2.57. The summed E-state index contributed by atoms with van der Waals surface area (Å²) in [4.78, 5) is 15.1. The van der Waals surface area contributed by atoms with Crippen LogP contribution in [-0.2, 0) is 11.3 Å². The SMILES string of the molecule is CC(C)(C)CC(=O)N(Cc1ccsc1)C1CC12CCNCC2. The van der Waals surface area contributed by atoms with Crippen molar-refractivity contribution in [3.05, 3.63) is 22.4 Å². The average molecular weight is 321 g/mol. The summed E-state index contributed by atoms with van der Waals surface area (Å²) in [6, 6.07) is 2.61. The van der Waals surface area contributed by atoms with Crippen molar-refractivity contribution in [3.63, 3.8) is 0 Å². The first-order chi connectivity index (χ1) is 10.4. The van der Waals surface area contributed by atoms with Crippen LogP contribution in [0.15, 0.2) is 16.8 Å². The number of amides is 1. The van der Waals surface area contributed by atoms with E-state index in [4.69, 9.17) is 0 Å². The molecule has 1 aromatic rings. The average Bonchev–Trinajstić information content (AvgIpc) is 2.87. The second-order valence-electron chi connectivity index (χ2n) is 8.22. The molecule has 1 N–H and O–H groups in total. The van der Waals surface area contributed by atoms with Crippen LogP contribution >= 0.6 is 11.3 Å². The topological polar surface area (TPSA) is 32.3 Å². The molecule has 1 unspecified atom stereocenters. The van der Waals surface area contributed by atoms with E-state index in [1.165, 1.54) is 24.8 Å². The molecule has 1 aliphatic heterocycles. The smallest absolute Gasteiger partial charge is 0.223 e. The van der Waals surface area contributed by atoms with E-state index in [2.05, 4.69) is 47.8 Å². The molecule has 1 aromatic heterocycles. The van der Waals surface area contributed by atoms with Crippen LogP contribution in [0.25, 0.3) is 0 Å². The molecule has 2 fully saturated rings. The van der Waals surface area contributed by atoms with Gasteiger partial charge in [-0.05, 0) is 65.6 Å². The standard InChI is InChI=1S/C18H28N2OS/c1-17(2,3)11-16(21)20(12-14-4-9-22-13-14)15-10-18(15)5-7-19-8-6-18/h4,9,13,15,19H,5-8,10-12H2,1-3H3. The van der Waals surface area contributed by atoms with E-state index in [0.717, 1.165) is 19.6 Å². The van der Waals surface area contributed by atoms with E-state index < -0.39 is 0 Å². The van der Waals surface area contributed by atoms with Gasteiger partial charge in [0.1, 0.15) is 0 Å². The van der Waals surface area contributed by atoms with Gasteiger partial charge in [0, 0.05) is 19.0 Å². The van der Waals surface area contributed by atoms with Crippen molar-refractivity contribution in [1.29, 1.82) is 0 Å². The second kappa shape index (κ2) is 5.97. The van der Waals surface area contributed by atoms with E-state index in [1.54, 1.807) is 11.3 Å². The molecule has 4 heteroatoms. The largest absolute Gasteiger partial charge is 0.335 e.